The largest absolute Gasteiger partial charge is 0.465 e. The van der Waals surface area contributed by atoms with E-state index < -0.39 is 5.97 Å². The lowest BCUT2D eigenvalue weighted by Gasteiger charge is -2.16. The van der Waals surface area contributed by atoms with E-state index >= 15 is 0 Å². The molecule has 0 fully saturated rings. The van der Waals surface area contributed by atoms with Crippen LogP contribution in [0.2, 0.25) is 0 Å². The normalized spacial score (nSPS) is 9.65. The molecule has 6 heteroatoms. The van der Waals surface area contributed by atoms with Crippen LogP contribution in [0.3, 0.4) is 0 Å². The Labute approximate surface area is 99.0 Å². The lowest BCUT2D eigenvalue weighted by molar-refractivity contribution is 0.0599. The predicted molar refractivity (Wildman–Crippen MR) is 65.2 cm³/mol. The fourth-order valence-electron chi connectivity index (χ4n) is 1.83. The number of anilines is 1. The smallest absolute Gasteiger partial charge is 0.338 e. The summed E-state index contributed by atoms with van der Waals surface area (Å²) in [6.45, 7) is 5.19. The van der Waals surface area contributed by atoms with Crippen molar-refractivity contribution in [1.82, 2.24) is 0 Å². The quantitative estimate of drug-likeness (QED) is 0.280. The summed E-state index contributed by atoms with van der Waals surface area (Å²) in [4.78, 5) is 14.4. The van der Waals surface area contributed by atoms with Crippen LogP contribution in [0.1, 0.15) is 27.0 Å². The van der Waals surface area contributed by atoms with Gasteiger partial charge in [-0.25, -0.2) is 4.79 Å². The van der Waals surface area contributed by atoms with Crippen LogP contribution in [-0.2, 0) is 4.74 Å². The minimum atomic E-state index is -0.485. The van der Waals surface area contributed by atoms with Crippen molar-refractivity contribution in [1.29, 1.82) is 0 Å². The highest BCUT2D eigenvalue weighted by Gasteiger charge is 2.20. The molecular formula is C11H14N4O2. The number of carbonyl (C=O) groups excluding carboxylic acids is 1. The van der Waals surface area contributed by atoms with Gasteiger partial charge in [0, 0.05) is 16.3 Å². The monoisotopic (exact) mass is 234 g/mol. The number of nitrogens with zero attached hydrogens (tertiary/aromatic N) is 3. The van der Waals surface area contributed by atoms with E-state index in [1.165, 1.54) is 7.11 Å². The maximum atomic E-state index is 11.7. The molecule has 1 rings (SSSR count). The van der Waals surface area contributed by atoms with Gasteiger partial charge in [0.2, 0.25) is 0 Å². The average molecular weight is 234 g/mol. The Morgan fingerprint density at radius 2 is 1.88 bits per heavy atom. The van der Waals surface area contributed by atoms with Crippen molar-refractivity contribution in [3.05, 3.63) is 32.7 Å². The number of hydrogen-bond acceptors (Lipinski definition) is 4. The first-order valence-corrected chi connectivity index (χ1v) is 4.98. The summed E-state index contributed by atoms with van der Waals surface area (Å²) in [5.74, 6) is -0.485. The van der Waals surface area contributed by atoms with E-state index in [9.17, 15) is 4.79 Å². The number of methoxy groups -OCH3 is 1. The zero-order chi connectivity index (χ0) is 13.2. The highest BCUT2D eigenvalue weighted by Crippen LogP contribution is 2.35. The van der Waals surface area contributed by atoms with Crippen LogP contribution in [0.25, 0.3) is 10.4 Å². The molecule has 17 heavy (non-hydrogen) atoms. The predicted octanol–water partition coefficient (Wildman–Crippen LogP) is 2.92. The van der Waals surface area contributed by atoms with Crippen molar-refractivity contribution in [2.24, 2.45) is 5.11 Å². The van der Waals surface area contributed by atoms with Crippen molar-refractivity contribution in [3.63, 3.8) is 0 Å². The fourth-order valence-corrected chi connectivity index (χ4v) is 1.83. The van der Waals surface area contributed by atoms with E-state index in [0.29, 0.717) is 33.6 Å². The van der Waals surface area contributed by atoms with Crippen LogP contribution in [0.5, 0.6) is 0 Å². The summed E-state index contributed by atoms with van der Waals surface area (Å²) >= 11 is 0. The van der Waals surface area contributed by atoms with Crippen molar-refractivity contribution in [2.45, 2.75) is 20.8 Å². The van der Waals surface area contributed by atoms with Gasteiger partial charge in [-0.1, -0.05) is 5.11 Å². The van der Waals surface area contributed by atoms with Gasteiger partial charge in [0.25, 0.3) is 0 Å². The van der Waals surface area contributed by atoms with Crippen LogP contribution >= 0.6 is 0 Å². The summed E-state index contributed by atoms with van der Waals surface area (Å²) < 4.78 is 4.70. The second-order valence-electron chi connectivity index (χ2n) is 3.69. The molecule has 6 nitrogen and oxygen atoms in total. The molecule has 0 unspecified atom stereocenters. The molecule has 2 N–H and O–H groups in total. The van der Waals surface area contributed by atoms with Crippen molar-refractivity contribution < 1.29 is 9.53 Å². The molecule has 0 amide bonds. The number of carbonyl (C=O) groups is 1. The third-order valence-corrected chi connectivity index (χ3v) is 2.80. The number of hydrogen-bond donors (Lipinski definition) is 1. The second-order valence-corrected chi connectivity index (χ2v) is 3.69. The van der Waals surface area contributed by atoms with Gasteiger partial charge in [-0.3, -0.25) is 0 Å². The topological polar surface area (TPSA) is 101 Å². The number of rotatable bonds is 2. The second kappa shape index (κ2) is 4.76. The molecule has 0 aliphatic rings. The third-order valence-electron chi connectivity index (χ3n) is 2.80. The van der Waals surface area contributed by atoms with Gasteiger partial charge in [-0.05, 0) is 43.0 Å². The molecule has 0 aromatic heterocycles. The first kappa shape index (κ1) is 12.9. The first-order valence-electron chi connectivity index (χ1n) is 4.98. The van der Waals surface area contributed by atoms with Crippen molar-refractivity contribution in [2.75, 3.05) is 12.8 Å². The molecule has 0 aliphatic carbocycles. The maximum absolute atomic E-state index is 11.7. The fraction of sp³-hybridized carbons (Fsp3) is 0.364. The molecule has 0 spiro atoms. The highest BCUT2D eigenvalue weighted by atomic mass is 16.5. The van der Waals surface area contributed by atoms with E-state index in [2.05, 4.69) is 10.0 Å². The molecular weight excluding hydrogens is 220 g/mol. The summed E-state index contributed by atoms with van der Waals surface area (Å²) in [5, 5.41) is 3.58. The SMILES string of the molecule is COC(=O)c1c(C)c(N)c(C)c(N=[N+]=[N-])c1C. The number of benzene rings is 1. The molecule has 0 aliphatic heterocycles. The number of nitrogens with two attached hydrogens (primary N) is 1. The zero-order valence-electron chi connectivity index (χ0n) is 10.2. The summed E-state index contributed by atoms with van der Waals surface area (Å²) in [6.07, 6.45) is 0. The van der Waals surface area contributed by atoms with Crippen molar-refractivity contribution in [3.8, 4) is 0 Å². The van der Waals surface area contributed by atoms with Gasteiger partial charge >= 0.3 is 5.97 Å². The van der Waals surface area contributed by atoms with Gasteiger partial charge in [0.05, 0.1) is 12.7 Å². The summed E-state index contributed by atoms with van der Waals surface area (Å²) in [6, 6.07) is 0. The summed E-state index contributed by atoms with van der Waals surface area (Å²) in [7, 11) is 1.30. The molecule has 90 valence electrons. The average Bonchev–Trinajstić information content (AvgIpc) is 2.32. The Morgan fingerprint density at radius 1 is 1.29 bits per heavy atom. The molecule has 0 saturated carbocycles. The standard InChI is InChI=1S/C11H14N4O2/c1-5-8(11(16)17-4)6(2)10(14-15-13)7(3)9(5)12/h12H2,1-4H3. The molecule has 0 bridgehead atoms. The number of azide groups is 1. The van der Waals surface area contributed by atoms with Crippen molar-refractivity contribution >= 4 is 17.3 Å². The van der Waals surface area contributed by atoms with Gasteiger partial charge in [0.1, 0.15) is 0 Å². The molecule has 0 radical (unpaired) electrons. The Balaban J connectivity index is 3.73. The molecule has 0 atom stereocenters. The zero-order valence-corrected chi connectivity index (χ0v) is 10.2. The Morgan fingerprint density at radius 3 is 2.35 bits per heavy atom. The maximum Gasteiger partial charge on any atom is 0.338 e. The lowest BCUT2D eigenvalue weighted by atomic mass is 9.95. The van der Waals surface area contributed by atoms with Gasteiger partial charge < -0.3 is 10.5 Å². The van der Waals surface area contributed by atoms with Crippen LogP contribution in [-0.4, -0.2) is 13.1 Å². The van der Waals surface area contributed by atoms with Crippen LogP contribution in [0, 0.1) is 20.8 Å². The van der Waals surface area contributed by atoms with Crippen LogP contribution < -0.4 is 5.73 Å². The van der Waals surface area contributed by atoms with E-state index in [1.54, 1.807) is 20.8 Å². The van der Waals surface area contributed by atoms with E-state index in [4.69, 9.17) is 16.0 Å². The number of esters is 1. The van der Waals surface area contributed by atoms with E-state index in [1.807, 2.05) is 0 Å². The van der Waals surface area contributed by atoms with E-state index in [0.717, 1.165) is 0 Å². The van der Waals surface area contributed by atoms with Crippen LogP contribution in [0.4, 0.5) is 11.4 Å². The third kappa shape index (κ3) is 2.03. The Kier molecular flexibility index (Phi) is 3.60. The first-order chi connectivity index (χ1) is 7.95. The van der Waals surface area contributed by atoms with Gasteiger partial charge in [-0.15, -0.1) is 0 Å². The molecule has 1 aromatic rings. The highest BCUT2D eigenvalue weighted by molar-refractivity contribution is 5.97. The molecule has 1 aromatic carbocycles. The lowest BCUT2D eigenvalue weighted by Crippen LogP contribution is -2.10. The Hall–Kier alpha value is -2.20. The van der Waals surface area contributed by atoms with Crippen LogP contribution in [0.15, 0.2) is 5.11 Å². The minimum Gasteiger partial charge on any atom is -0.465 e. The molecule has 0 heterocycles. The number of nitrogen functional groups attached to an aromatic ring is 1. The van der Waals surface area contributed by atoms with Gasteiger partial charge in [-0.2, -0.15) is 0 Å². The number of ether oxygens (including phenoxy) is 1. The minimum absolute atomic E-state index is 0.359. The Bertz CT molecular complexity index is 531. The summed E-state index contributed by atoms with van der Waals surface area (Å²) in [5.41, 5.74) is 17.5. The molecule has 0 saturated heterocycles. The van der Waals surface area contributed by atoms with E-state index in [-0.39, 0.29) is 0 Å². The van der Waals surface area contributed by atoms with Gasteiger partial charge in [0.15, 0.2) is 0 Å².